The highest BCUT2D eigenvalue weighted by atomic mass is 16.6. The number of carbonyl (C=O) groups is 1. The van der Waals surface area contributed by atoms with Gasteiger partial charge in [0.1, 0.15) is 11.8 Å². The van der Waals surface area contributed by atoms with Crippen LogP contribution >= 0.6 is 0 Å². The van der Waals surface area contributed by atoms with Gasteiger partial charge in [0.05, 0.1) is 11.4 Å². The number of H-pyrrole nitrogens is 1. The number of nitrogens with zero attached hydrogens (tertiary/aromatic N) is 1. The largest absolute Gasteiger partial charge is 0.440 e. The van der Waals surface area contributed by atoms with E-state index in [9.17, 15) is 4.79 Å². The van der Waals surface area contributed by atoms with E-state index in [1.807, 2.05) is 6.92 Å². The lowest BCUT2D eigenvalue weighted by molar-refractivity contribution is 0.114. The molecule has 5 nitrogen and oxygen atoms in total. The van der Waals surface area contributed by atoms with Crippen molar-refractivity contribution in [2.75, 3.05) is 5.32 Å². The first-order chi connectivity index (χ1) is 5.68. The Morgan fingerprint density at radius 1 is 1.58 bits per heavy atom. The Morgan fingerprint density at radius 2 is 2.33 bits per heavy atom. The first-order valence-electron chi connectivity index (χ1n) is 3.71. The summed E-state index contributed by atoms with van der Waals surface area (Å²) < 4.78 is 4.89. The Bertz CT molecular complexity index is 331. The molecule has 1 amide bonds. The molecular weight excluding hydrogens is 158 g/mol. The average Bonchev–Trinajstić information content (AvgIpc) is 2.33. The topological polar surface area (TPSA) is 67.0 Å². The molecule has 2 N–H and O–H groups in total. The van der Waals surface area contributed by atoms with Crippen LogP contribution in [0.25, 0.3) is 0 Å². The molecular formula is C7H9N3O2. The lowest BCUT2D eigenvalue weighted by Gasteiger charge is -2.18. The van der Waals surface area contributed by atoms with Gasteiger partial charge in [0.25, 0.3) is 0 Å². The number of aromatic amines is 1. The van der Waals surface area contributed by atoms with Crippen LogP contribution in [0.4, 0.5) is 10.5 Å². The number of cyclic esters (lactones) is 1. The van der Waals surface area contributed by atoms with Crippen LogP contribution in [-0.2, 0) is 4.74 Å². The summed E-state index contributed by atoms with van der Waals surface area (Å²) >= 11 is 0. The van der Waals surface area contributed by atoms with E-state index in [0.717, 1.165) is 17.1 Å². The zero-order valence-electron chi connectivity index (χ0n) is 6.84. The van der Waals surface area contributed by atoms with E-state index < -0.39 is 6.09 Å². The van der Waals surface area contributed by atoms with Crippen molar-refractivity contribution in [1.29, 1.82) is 0 Å². The minimum atomic E-state index is -0.417. The Labute approximate surface area is 69.1 Å². The predicted octanol–water partition coefficient (Wildman–Crippen LogP) is 1.34. The number of rotatable bonds is 0. The normalized spacial score (nSPS) is 21.2. The summed E-state index contributed by atoms with van der Waals surface area (Å²) in [7, 11) is 0. The molecule has 0 bridgehead atoms. The molecule has 1 atom stereocenters. The van der Waals surface area contributed by atoms with Crippen molar-refractivity contribution in [1.82, 2.24) is 10.2 Å². The molecule has 0 saturated heterocycles. The van der Waals surface area contributed by atoms with Crippen molar-refractivity contribution >= 4 is 11.8 Å². The van der Waals surface area contributed by atoms with Crippen LogP contribution in [-0.4, -0.2) is 16.3 Å². The Kier molecular flexibility index (Phi) is 1.33. The number of aryl methyl sites for hydroxylation is 1. The van der Waals surface area contributed by atoms with Gasteiger partial charge in [-0.05, 0) is 13.8 Å². The van der Waals surface area contributed by atoms with Gasteiger partial charge >= 0.3 is 6.09 Å². The number of aromatic nitrogens is 2. The lowest BCUT2D eigenvalue weighted by Crippen LogP contribution is -2.22. The van der Waals surface area contributed by atoms with Crippen LogP contribution in [0.1, 0.15) is 24.4 Å². The minimum absolute atomic E-state index is 0.265. The van der Waals surface area contributed by atoms with E-state index in [1.165, 1.54) is 0 Å². The van der Waals surface area contributed by atoms with E-state index in [0.29, 0.717) is 0 Å². The maximum Gasteiger partial charge on any atom is 0.412 e. The highest BCUT2D eigenvalue weighted by Crippen LogP contribution is 2.30. The van der Waals surface area contributed by atoms with Gasteiger partial charge in [0.2, 0.25) is 0 Å². The summed E-state index contributed by atoms with van der Waals surface area (Å²) in [5.74, 6) is 0. The second-order valence-electron chi connectivity index (χ2n) is 2.78. The van der Waals surface area contributed by atoms with Crippen LogP contribution < -0.4 is 5.32 Å². The van der Waals surface area contributed by atoms with Crippen molar-refractivity contribution in [2.24, 2.45) is 0 Å². The maximum absolute atomic E-state index is 10.9. The van der Waals surface area contributed by atoms with Crippen molar-refractivity contribution in [3.63, 3.8) is 0 Å². The first kappa shape index (κ1) is 7.15. The summed E-state index contributed by atoms with van der Waals surface area (Å²) in [4.78, 5) is 10.9. The minimum Gasteiger partial charge on any atom is -0.440 e. The fourth-order valence-electron chi connectivity index (χ4n) is 1.25. The van der Waals surface area contributed by atoms with E-state index in [4.69, 9.17) is 4.74 Å². The molecule has 0 radical (unpaired) electrons. The van der Waals surface area contributed by atoms with Gasteiger partial charge in [-0.25, -0.2) is 4.79 Å². The van der Waals surface area contributed by atoms with Crippen LogP contribution in [0.5, 0.6) is 0 Å². The SMILES string of the molecule is Cc1[nH]nc2c1NC(=O)O[C@@H]2C. The highest BCUT2D eigenvalue weighted by Gasteiger charge is 2.26. The van der Waals surface area contributed by atoms with E-state index in [-0.39, 0.29) is 6.10 Å². The van der Waals surface area contributed by atoms with Crippen molar-refractivity contribution in [2.45, 2.75) is 20.0 Å². The number of nitrogens with one attached hydrogen (secondary N) is 2. The molecule has 0 spiro atoms. The summed E-state index contributed by atoms with van der Waals surface area (Å²) in [5.41, 5.74) is 2.36. The van der Waals surface area contributed by atoms with Gasteiger partial charge in [-0.3, -0.25) is 10.4 Å². The highest BCUT2D eigenvalue weighted by molar-refractivity contribution is 5.88. The fraction of sp³-hybridized carbons (Fsp3) is 0.429. The molecule has 0 aromatic carbocycles. The standard InChI is InChI=1S/C7H9N3O2/c1-3-5-6(10-9-3)4(2)12-7(11)8-5/h4H,1-2H3,(H,8,11)(H,9,10)/t4-/m1/s1. The van der Waals surface area contributed by atoms with Crippen LogP contribution in [0.3, 0.4) is 0 Å². The maximum atomic E-state index is 10.9. The molecule has 1 aliphatic rings. The summed E-state index contributed by atoms with van der Waals surface area (Å²) in [6.07, 6.45) is -0.682. The second kappa shape index (κ2) is 2.23. The number of carbonyl (C=O) groups excluding carboxylic acids is 1. The van der Waals surface area contributed by atoms with Gasteiger partial charge in [-0.1, -0.05) is 0 Å². The molecule has 1 aromatic rings. The van der Waals surface area contributed by atoms with Gasteiger partial charge in [0, 0.05) is 0 Å². The molecule has 0 saturated carbocycles. The van der Waals surface area contributed by atoms with E-state index >= 15 is 0 Å². The van der Waals surface area contributed by atoms with E-state index in [2.05, 4.69) is 15.5 Å². The average molecular weight is 167 g/mol. The molecule has 12 heavy (non-hydrogen) atoms. The van der Waals surface area contributed by atoms with Crippen LogP contribution in [0.2, 0.25) is 0 Å². The number of ether oxygens (including phenoxy) is 1. The molecule has 64 valence electrons. The van der Waals surface area contributed by atoms with Crippen LogP contribution in [0, 0.1) is 6.92 Å². The monoisotopic (exact) mass is 167 g/mol. The van der Waals surface area contributed by atoms with Crippen molar-refractivity contribution in [3.8, 4) is 0 Å². The number of hydrogen-bond donors (Lipinski definition) is 2. The van der Waals surface area contributed by atoms with Gasteiger partial charge < -0.3 is 4.74 Å². The Balaban J connectivity index is 2.49. The third-order valence-electron chi connectivity index (χ3n) is 1.87. The molecule has 1 aliphatic heterocycles. The van der Waals surface area contributed by atoms with Crippen LogP contribution in [0.15, 0.2) is 0 Å². The molecule has 2 heterocycles. The number of anilines is 1. The smallest absolute Gasteiger partial charge is 0.412 e. The predicted molar refractivity (Wildman–Crippen MR) is 41.8 cm³/mol. The molecule has 1 aromatic heterocycles. The van der Waals surface area contributed by atoms with Gasteiger partial charge in [-0.2, -0.15) is 5.10 Å². The Hall–Kier alpha value is -1.52. The van der Waals surface area contributed by atoms with Crippen molar-refractivity contribution in [3.05, 3.63) is 11.4 Å². The lowest BCUT2D eigenvalue weighted by atomic mass is 10.2. The van der Waals surface area contributed by atoms with E-state index in [1.54, 1.807) is 6.92 Å². The third-order valence-corrected chi connectivity index (χ3v) is 1.87. The third kappa shape index (κ3) is 0.861. The number of hydrogen-bond acceptors (Lipinski definition) is 3. The molecule has 5 heteroatoms. The fourth-order valence-corrected chi connectivity index (χ4v) is 1.25. The molecule has 0 fully saturated rings. The van der Waals surface area contributed by atoms with Gasteiger partial charge in [-0.15, -0.1) is 0 Å². The first-order valence-corrected chi connectivity index (χ1v) is 3.71. The molecule has 0 aliphatic carbocycles. The zero-order valence-corrected chi connectivity index (χ0v) is 6.84. The number of fused-ring (bicyclic) bond motifs is 1. The summed E-state index contributed by atoms with van der Waals surface area (Å²) in [5, 5.41) is 9.38. The summed E-state index contributed by atoms with van der Waals surface area (Å²) in [6.45, 7) is 3.64. The summed E-state index contributed by atoms with van der Waals surface area (Å²) in [6, 6.07) is 0. The number of amides is 1. The molecule has 2 rings (SSSR count). The zero-order chi connectivity index (χ0) is 8.72. The van der Waals surface area contributed by atoms with Gasteiger partial charge in [0.15, 0.2) is 0 Å². The Morgan fingerprint density at radius 3 is 3.08 bits per heavy atom. The van der Waals surface area contributed by atoms with Crippen molar-refractivity contribution < 1.29 is 9.53 Å². The quantitative estimate of drug-likeness (QED) is 0.612. The second-order valence-corrected chi connectivity index (χ2v) is 2.78. The molecule has 0 unspecified atom stereocenters.